The van der Waals surface area contributed by atoms with E-state index in [1.54, 1.807) is 11.8 Å². The molecule has 1 aromatic rings. The number of nitrogens with one attached hydrogen (secondary N) is 1. The van der Waals surface area contributed by atoms with Crippen LogP contribution in [0.1, 0.15) is 23.9 Å². The summed E-state index contributed by atoms with van der Waals surface area (Å²) in [7, 11) is 0. The van der Waals surface area contributed by atoms with Gasteiger partial charge in [0.15, 0.2) is 0 Å². The third-order valence-electron chi connectivity index (χ3n) is 3.47. The van der Waals surface area contributed by atoms with Crippen molar-refractivity contribution >= 4 is 30.1 Å². The van der Waals surface area contributed by atoms with Gasteiger partial charge in [-0.05, 0) is 20.8 Å². The summed E-state index contributed by atoms with van der Waals surface area (Å²) in [5, 5.41) is 7.22. The molecular formula is C13H22ClN3O2S. The molecular weight excluding hydrogens is 298 g/mol. The number of aromatic nitrogens is 1. The van der Waals surface area contributed by atoms with Crippen LogP contribution in [0.15, 0.2) is 4.52 Å². The summed E-state index contributed by atoms with van der Waals surface area (Å²) >= 11 is 1.63. The zero-order chi connectivity index (χ0) is 13.8. The molecule has 1 atom stereocenters. The van der Waals surface area contributed by atoms with Gasteiger partial charge in [-0.3, -0.25) is 4.79 Å². The first-order chi connectivity index (χ1) is 9.09. The number of halogens is 1. The number of piperazine rings is 1. The summed E-state index contributed by atoms with van der Waals surface area (Å²) in [6.07, 6.45) is 0. The SMILES string of the molecule is Cc1noc(C)c1CSCC(=O)N1CCNC[C@@H]1C.Cl. The summed E-state index contributed by atoms with van der Waals surface area (Å²) in [6.45, 7) is 8.53. The first-order valence-electron chi connectivity index (χ1n) is 6.59. The molecule has 0 spiro atoms. The standard InChI is InChI=1S/C13H21N3O2S.ClH/c1-9-6-14-4-5-16(9)13(17)8-19-7-12-10(2)15-18-11(12)3;/h9,14H,4-8H2,1-3H3;1H/t9-;/m0./s1. The van der Waals surface area contributed by atoms with Crippen molar-refractivity contribution in [1.29, 1.82) is 0 Å². The lowest BCUT2D eigenvalue weighted by atomic mass is 10.2. The Bertz CT molecular complexity index is 433. The average Bonchev–Trinajstić information content (AvgIpc) is 2.70. The Kier molecular flexibility index (Phi) is 6.85. The minimum absolute atomic E-state index is 0. The summed E-state index contributed by atoms with van der Waals surface area (Å²) in [5.41, 5.74) is 2.04. The van der Waals surface area contributed by atoms with Crippen LogP contribution >= 0.6 is 24.2 Å². The van der Waals surface area contributed by atoms with Gasteiger partial charge in [0.1, 0.15) is 5.76 Å². The Morgan fingerprint density at radius 1 is 1.55 bits per heavy atom. The van der Waals surface area contributed by atoms with Gasteiger partial charge in [-0.15, -0.1) is 24.2 Å². The summed E-state index contributed by atoms with van der Waals surface area (Å²) in [5.74, 6) is 2.39. The normalized spacial score (nSPS) is 18.8. The van der Waals surface area contributed by atoms with E-state index in [1.165, 1.54) is 0 Å². The number of hydrogen-bond acceptors (Lipinski definition) is 5. The van der Waals surface area contributed by atoms with Crippen LogP contribution in [-0.4, -0.2) is 47.4 Å². The zero-order valence-corrected chi connectivity index (χ0v) is 13.8. The van der Waals surface area contributed by atoms with E-state index < -0.39 is 0 Å². The molecule has 2 rings (SSSR count). The maximum atomic E-state index is 12.1. The Hall–Kier alpha value is -0.720. The van der Waals surface area contributed by atoms with E-state index in [-0.39, 0.29) is 18.3 Å². The molecule has 1 saturated heterocycles. The molecule has 0 saturated carbocycles. The molecule has 1 fully saturated rings. The lowest BCUT2D eigenvalue weighted by Crippen LogP contribution is -2.52. The number of nitrogens with zero attached hydrogens (tertiary/aromatic N) is 2. The topological polar surface area (TPSA) is 58.4 Å². The number of thioether (sulfide) groups is 1. The monoisotopic (exact) mass is 319 g/mol. The summed E-state index contributed by atoms with van der Waals surface area (Å²) in [4.78, 5) is 14.1. The van der Waals surface area contributed by atoms with Gasteiger partial charge in [0.25, 0.3) is 0 Å². The molecule has 20 heavy (non-hydrogen) atoms. The van der Waals surface area contributed by atoms with Crippen molar-refractivity contribution in [2.24, 2.45) is 0 Å². The van der Waals surface area contributed by atoms with Crippen LogP contribution in [0.3, 0.4) is 0 Å². The third kappa shape index (κ3) is 4.14. The van der Waals surface area contributed by atoms with Crippen molar-refractivity contribution in [2.45, 2.75) is 32.6 Å². The van der Waals surface area contributed by atoms with Crippen LogP contribution in [0.2, 0.25) is 0 Å². The highest BCUT2D eigenvalue weighted by molar-refractivity contribution is 7.99. The van der Waals surface area contributed by atoms with Crippen molar-refractivity contribution in [3.05, 3.63) is 17.0 Å². The Balaban J connectivity index is 0.00000200. The van der Waals surface area contributed by atoms with Crippen LogP contribution in [0, 0.1) is 13.8 Å². The van der Waals surface area contributed by atoms with E-state index in [9.17, 15) is 4.79 Å². The molecule has 1 aliphatic heterocycles. The Morgan fingerprint density at radius 2 is 2.30 bits per heavy atom. The number of amides is 1. The quantitative estimate of drug-likeness (QED) is 0.916. The predicted molar refractivity (Wildman–Crippen MR) is 83.4 cm³/mol. The highest BCUT2D eigenvalue weighted by Gasteiger charge is 2.22. The molecule has 1 aromatic heterocycles. The first kappa shape index (κ1) is 17.3. The van der Waals surface area contributed by atoms with Gasteiger partial charge in [-0.25, -0.2) is 0 Å². The molecule has 5 nitrogen and oxygen atoms in total. The second kappa shape index (κ2) is 7.90. The highest BCUT2D eigenvalue weighted by Crippen LogP contribution is 2.20. The minimum atomic E-state index is 0. The van der Waals surface area contributed by atoms with Gasteiger partial charge in [0, 0.05) is 37.0 Å². The summed E-state index contributed by atoms with van der Waals surface area (Å²) < 4.78 is 5.12. The fourth-order valence-corrected chi connectivity index (χ4v) is 3.30. The number of rotatable bonds is 4. The van der Waals surface area contributed by atoms with Crippen LogP contribution in [0.4, 0.5) is 0 Å². The Morgan fingerprint density at radius 3 is 2.90 bits per heavy atom. The third-order valence-corrected chi connectivity index (χ3v) is 4.42. The van der Waals surface area contributed by atoms with E-state index in [0.29, 0.717) is 11.8 Å². The number of carbonyl (C=O) groups is 1. The van der Waals surface area contributed by atoms with E-state index in [2.05, 4.69) is 17.4 Å². The van der Waals surface area contributed by atoms with Crippen molar-refractivity contribution in [3.8, 4) is 0 Å². The molecule has 2 heterocycles. The number of aryl methyl sites for hydroxylation is 2. The molecule has 0 unspecified atom stereocenters. The lowest BCUT2D eigenvalue weighted by molar-refractivity contribution is -0.131. The van der Waals surface area contributed by atoms with Crippen molar-refractivity contribution in [1.82, 2.24) is 15.4 Å². The first-order valence-corrected chi connectivity index (χ1v) is 7.74. The van der Waals surface area contributed by atoms with E-state index in [1.807, 2.05) is 18.7 Å². The highest BCUT2D eigenvalue weighted by atomic mass is 35.5. The average molecular weight is 320 g/mol. The van der Waals surface area contributed by atoms with Crippen molar-refractivity contribution in [3.63, 3.8) is 0 Å². The molecule has 1 N–H and O–H groups in total. The largest absolute Gasteiger partial charge is 0.361 e. The second-order valence-electron chi connectivity index (χ2n) is 4.94. The maximum Gasteiger partial charge on any atom is 0.232 e. The minimum Gasteiger partial charge on any atom is -0.361 e. The number of carbonyl (C=O) groups excluding carboxylic acids is 1. The molecule has 1 aliphatic rings. The zero-order valence-electron chi connectivity index (χ0n) is 12.1. The van der Waals surface area contributed by atoms with Crippen molar-refractivity contribution in [2.75, 3.05) is 25.4 Å². The van der Waals surface area contributed by atoms with E-state index >= 15 is 0 Å². The van der Waals surface area contributed by atoms with Gasteiger partial charge in [0.05, 0.1) is 11.4 Å². The maximum absolute atomic E-state index is 12.1. The lowest BCUT2D eigenvalue weighted by Gasteiger charge is -2.33. The fraction of sp³-hybridized carbons (Fsp3) is 0.692. The number of hydrogen-bond donors (Lipinski definition) is 1. The second-order valence-corrected chi connectivity index (χ2v) is 5.92. The smallest absolute Gasteiger partial charge is 0.232 e. The van der Waals surface area contributed by atoms with Gasteiger partial charge < -0.3 is 14.7 Å². The van der Waals surface area contributed by atoms with Gasteiger partial charge in [-0.2, -0.15) is 0 Å². The predicted octanol–water partition coefficient (Wildman–Crippen LogP) is 1.77. The van der Waals surface area contributed by atoms with Gasteiger partial charge in [0.2, 0.25) is 5.91 Å². The fourth-order valence-electron chi connectivity index (χ4n) is 2.24. The molecule has 0 radical (unpaired) electrons. The molecule has 1 amide bonds. The Labute approximate surface area is 130 Å². The molecule has 0 aromatic carbocycles. The van der Waals surface area contributed by atoms with Gasteiger partial charge >= 0.3 is 0 Å². The van der Waals surface area contributed by atoms with Crippen LogP contribution in [0.25, 0.3) is 0 Å². The van der Waals surface area contributed by atoms with E-state index in [4.69, 9.17) is 4.52 Å². The summed E-state index contributed by atoms with van der Waals surface area (Å²) in [6, 6.07) is 0.293. The molecule has 7 heteroatoms. The molecule has 114 valence electrons. The molecule has 0 bridgehead atoms. The van der Waals surface area contributed by atoms with Gasteiger partial charge in [-0.1, -0.05) is 5.16 Å². The van der Waals surface area contributed by atoms with Crippen LogP contribution in [-0.2, 0) is 10.5 Å². The molecule has 0 aliphatic carbocycles. The van der Waals surface area contributed by atoms with Crippen LogP contribution < -0.4 is 5.32 Å². The van der Waals surface area contributed by atoms with E-state index in [0.717, 1.165) is 42.4 Å². The van der Waals surface area contributed by atoms with Crippen LogP contribution in [0.5, 0.6) is 0 Å². The van der Waals surface area contributed by atoms with Crippen molar-refractivity contribution < 1.29 is 9.32 Å².